The van der Waals surface area contributed by atoms with E-state index in [0.717, 1.165) is 0 Å². The van der Waals surface area contributed by atoms with E-state index in [-0.39, 0.29) is 17.0 Å². The molecule has 0 fully saturated rings. The molecule has 0 N–H and O–H groups in total. The van der Waals surface area contributed by atoms with Crippen molar-refractivity contribution >= 4 is 0 Å². The molecule has 0 spiro atoms. The number of pyridine rings is 1. The molecule has 0 unspecified atom stereocenters. The molecule has 0 aliphatic carbocycles. The summed E-state index contributed by atoms with van der Waals surface area (Å²) in [4.78, 5) is 0. The Kier molecular flexibility index (Phi) is 16.5. The Balaban J connectivity index is 0.00000625. The van der Waals surface area contributed by atoms with Crippen molar-refractivity contribution in [3.8, 4) is 0 Å². The third kappa shape index (κ3) is 11.4. The smallest absolute Gasteiger partial charge is 0.181 e. The van der Waals surface area contributed by atoms with Crippen molar-refractivity contribution in [1.29, 1.82) is 0 Å². The zero-order valence-corrected chi connectivity index (χ0v) is 19.7. The van der Waals surface area contributed by atoms with E-state index >= 15 is 0 Å². The SMILES string of the molecule is CCCCCCCCCCCCCCCCc1cc[n+](C)c(C)c1C.[Br-]. The number of aromatic nitrogens is 1. The molecular weight excluding hydrogens is 382 g/mol. The molecule has 1 nitrogen and oxygen atoms in total. The Labute approximate surface area is 174 Å². The molecule has 0 aliphatic heterocycles. The minimum Gasteiger partial charge on any atom is -1.00 e. The van der Waals surface area contributed by atoms with Crippen LogP contribution in [0.25, 0.3) is 0 Å². The summed E-state index contributed by atoms with van der Waals surface area (Å²) in [6, 6.07) is 2.31. The van der Waals surface area contributed by atoms with Gasteiger partial charge in [0, 0.05) is 18.6 Å². The van der Waals surface area contributed by atoms with Gasteiger partial charge in [-0.25, -0.2) is 4.57 Å². The first-order valence-electron chi connectivity index (χ1n) is 11.1. The van der Waals surface area contributed by atoms with Crippen molar-refractivity contribution in [2.75, 3.05) is 0 Å². The number of aryl methyl sites for hydroxylation is 2. The van der Waals surface area contributed by atoms with Crippen LogP contribution in [0.2, 0.25) is 0 Å². The number of hydrogen-bond acceptors (Lipinski definition) is 0. The molecule has 2 heteroatoms. The highest BCUT2D eigenvalue weighted by Gasteiger charge is 2.08. The van der Waals surface area contributed by atoms with Crippen LogP contribution in [0.4, 0.5) is 0 Å². The lowest BCUT2D eigenvalue weighted by Gasteiger charge is -2.07. The van der Waals surface area contributed by atoms with Crippen molar-refractivity contribution in [3.05, 3.63) is 29.1 Å². The third-order valence-electron chi connectivity index (χ3n) is 5.85. The predicted molar refractivity (Wildman–Crippen MR) is 111 cm³/mol. The van der Waals surface area contributed by atoms with Gasteiger partial charge in [0.1, 0.15) is 7.05 Å². The normalized spacial score (nSPS) is 10.8. The van der Waals surface area contributed by atoms with Gasteiger partial charge in [0.15, 0.2) is 11.9 Å². The van der Waals surface area contributed by atoms with Crippen LogP contribution in [0.15, 0.2) is 12.3 Å². The fourth-order valence-corrected chi connectivity index (χ4v) is 3.72. The maximum Gasteiger partial charge on any atom is 0.181 e. The summed E-state index contributed by atoms with van der Waals surface area (Å²) in [5.41, 5.74) is 4.44. The van der Waals surface area contributed by atoms with Crippen molar-refractivity contribution < 1.29 is 21.5 Å². The molecule has 152 valence electrons. The van der Waals surface area contributed by atoms with Crippen LogP contribution in [0.1, 0.15) is 114 Å². The number of rotatable bonds is 15. The molecule has 1 aromatic rings. The van der Waals surface area contributed by atoms with Crippen LogP contribution in [0, 0.1) is 13.8 Å². The number of unbranched alkanes of at least 4 members (excludes halogenated alkanes) is 13. The molecule has 0 saturated heterocycles. The van der Waals surface area contributed by atoms with E-state index in [0.29, 0.717) is 0 Å². The maximum atomic E-state index is 2.31. The lowest BCUT2D eigenvalue weighted by molar-refractivity contribution is -0.678. The number of nitrogens with zero attached hydrogens (tertiary/aromatic N) is 1. The second-order valence-corrected chi connectivity index (χ2v) is 8.01. The molecule has 0 aromatic carbocycles. The summed E-state index contributed by atoms with van der Waals surface area (Å²) in [7, 11) is 2.14. The molecule has 0 radical (unpaired) electrons. The topological polar surface area (TPSA) is 3.88 Å². The van der Waals surface area contributed by atoms with E-state index in [4.69, 9.17) is 0 Å². The number of halogens is 1. The highest BCUT2D eigenvalue weighted by atomic mass is 79.9. The molecule has 1 heterocycles. The van der Waals surface area contributed by atoms with Crippen molar-refractivity contribution in [3.63, 3.8) is 0 Å². The minimum atomic E-state index is 0. The zero-order valence-electron chi connectivity index (χ0n) is 18.1. The van der Waals surface area contributed by atoms with Crippen molar-refractivity contribution in [2.24, 2.45) is 7.05 Å². The summed E-state index contributed by atoms with van der Waals surface area (Å²) < 4.78 is 2.23. The molecule has 1 rings (SSSR count). The average molecular weight is 427 g/mol. The standard InChI is InChI=1S/C24H44N.BrH/c1-5-6-7-8-9-10-11-12-13-14-15-16-17-18-19-24-20-21-25(4)23(3)22(24)2;/h20-21H,5-19H2,1-4H3;1H/q+1;/p-1. The minimum absolute atomic E-state index is 0. The Hall–Kier alpha value is -0.370. The van der Waals surface area contributed by atoms with Gasteiger partial charge in [0.25, 0.3) is 0 Å². The molecular formula is C24H44BrN. The van der Waals surface area contributed by atoms with Gasteiger partial charge in [-0.15, -0.1) is 0 Å². The second kappa shape index (κ2) is 16.8. The Morgan fingerprint density at radius 1 is 0.692 bits per heavy atom. The Bertz CT molecular complexity index is 456. The summed E-state index contributed by atoms with van der Waals surface area (Å²) >= 11 is 0. The van der Waals surface area contributed by atoms with Gasteiger partial charge in [-0.05, 0) is 25.3 Å². The summed E-state index contributed by atoms with van der Waals surface area (Å²) in [5, 5.41) is 0. The second-order valence-electron chi connectivity index (χ2n) is 8.01. The first-order valence-corrected chi connectivity index (χ1v) is 11.1. The highest BCUT2D eigenvalue weighted by Crippen LogP contribution is 2.15. The Morgan fingerprint density at radius 3 is 1.58 bits per heavy atom. The van der Waals surface area contributed by atoms with Crippen LogP contribution in [0.3, 0.4) is 0 Å². The van der Waals surface area contributed by atoms with Gasteiger partial charge in [0.05, 0.1) is 0 Å². The first-order chi connectivity index (χ1) is 12.2. The van der Waals surface area contributed by atoms with Crippen LogP contribution in [0.5, 0.6) is 0 Å². The molecule has 0 bridgehead atoms. The van der Waals surface area contributed by atoms with Gasteiger partial charge in [-0.1, -0.05) is 90.4 Å². The largest absolute Gasteiger partial charge is 1.00 e. The summed E-state index contributed by atoms with van der Waals surface area (Å²) in [6.45, 7) is 6.79. The van der Waals surface area contributed by atoms with E-state index in [1.165, 1.54) is 108 Å². The van der Waals surface area contributed by atoms with Gasteiger partial charge in [0.2, 0.25) is 0 Å². The van der Waals surface area contributed by atoms with Crippen molar-refractivity contribution in [2.45, 2.75) is 117 Å². The lowest BCUT2D eigenvalue weighted by Crippen LogP contribution is -3.00. The fraction of sp³-hybridized carbons (Fsp3) is 0.792. The quantitative estimate of drug-likeness (QED) is 0.293. The maximum absolute atomic E-state index is 2.31. The molecule has 26 heavy (non-hydrogen) atoms. The molecule has 1 aromatic heterocycles. The van der Waals surface area contributed by atoms with E-state index in [2.05, 4.69) is 44.6 Å². The zero-order chi connectivity index (χ0) is 18.3. The van der Waals surface area contributed by atoms with Gasteiger partial charge in [-0.3, -0.25) is 0 Å². The van der Waals surface area contributed by atoms with E-state index in [9.17, 15) is 0 Å². The summed E-state index contributed by atoms with van der Waals surface area (Å²) in [6.07, 6.45) is 23.6. The van der Waals surface area contributed by atoms with E-state index in [1.54, 1.807) is 5.56 Å². The Morgan fingerprint density at radius 2 is 1.12 bits per heavy atom. The molecule has 0 aliphatic rings. The van der Waals surface area contributed by atoms with Crippen LogP contribution in [-0.2, 0) is 13.5 Å². The monoisotopic (exact) mass is 425 g/mol. The van der Waals surface area contributed by atoms with Gasteiger partial charge < -0.3 is 17.0 Å². The fourth-order valence-electron chi connectivity index (χ4n) is 3.72. The predicted octanol–water partition coefficient (Wildman–Crippen LogP) is 4.16. The third-order valence-corrected chi connectivity index (χ3v) is 5.85. The highest BCUT2D eigenvalue weighted by molar-refractivity contribution is 5.24. The molecule has 0 atom stereocenters. The van der Waals surface area contributed by atoms with Gasteiger partial charge >= 0.3 is 0 Å². The molecule has 0 amide bonds. The van der Waals surface area contributed by atoms with E-state index in [1.807, 2.05) is 0 Å². The number of hydrogen-bond donors (Lipinski definition) is 0. The van der Waals surface area contributed by atoms with Crippen LogP contribution >= 0.6 is 0 Å². The van der Waals surface area contributed by atoms with Gasteiger partial charge in [-0.2, -0.15) is 0 Å². The average Bonchev–Trinajstić information content (AvgIpc) is 2.61. The van der Waals surface area contributed by atoms with E-state index < -0.39 is 0 Å². The summed E-state index contributed by atoms with van der Waals surface area (Å²) in [5.74, 6) is 0. The van der Waals surface area contributed by atoms with Crippen LogP contribution < -0.4 is 21.5 Å². The van der Waals surface area contributed by atoms with Crippen LogP contribution in [-0.4, -0.2) is 0 Å². The first kappa shape index (κ1) is 25.6. The lowest BCUT2D eigenvalue weighted by atomic mass is 10.0. The molecule has 0 saturated carbocycles. The van der Waals surface area contributed by atoms with Crippen molar-refractivity contribution in [1.82, 2.24) is 0 Å².